The summed E-state index contributed by atoms with van der Waals surface area (Å²) in [5, 5.41) is 8.39. The summed E-state index contributed by atoms with van der Waals surface area (Å²) in [6.07, 6.45) is 1.83. The van der Waals surface area contributed by atoms with E-state index in [0.29, 0.717) is 0 Å². The van der Waals surface area contributed by atoms with Crippen LogP contribution in [0.1, 0.15) is 18.4 Å². The molecule has 1 rings (SSSR count). The van der Waals surface area contributed by atoms with E-state index in [9.17, 15) is 4.79 Å². The predicted octanol–water partition coefficient (Wildman–Crippen LogP) is 2.54. The molecule has 0 heterocycles. The van der Waals surface area contributed by atoms with E-state index >= 15 is 0 Å². The molecule has 0 aliphatic heterocycles. The smallest absolute Gasteiger partial charge is 0.303 e. The van der Waals surface area contributed by atoms with Gasteiger partial charge in [-0.05, 0) is 18.4 Å². The van der Waals surface area contributed by atoms with Crippen LogP contribution in [0.25, 0.3) is 0 Å². The summed E-state index contributed by atoms with van der Waals surface area (Å²) in [5.41, 5.74) is 1.21. The molecule has 14 heavy (non-hydrogen) atoms. The van der Waals surface area contributed by atoms with Gasteiger partial charge >= 0.3 is 5.97 Å². The Balaban J connectivity index is 0. The molecule has 0 radical (unpaired) electrons. The van der Waals surface area contributed by atoms with Gasteiger partial charge in [0.1, 0.15) is 0 Å². The van der Waals surface area contributed by atoms with Crippen LogP contribution in [-0.4, -0.2) is 11.1 Å². The molecule has 0 spiro atoms. The van der Waals surface area contributed by atoms with Crippen molar-refractivity contribution in [2.45, 2.75) is 19.3 Å². The molecule has 0 amide bonds. The van der Waals surface area contributed by atoms with Gasteiger partial charge in [0, 0.05) is 27.5 Å². The topological polar surface area (TPSA) is 37.3 Å². The number of rotatable bonds is 4. The molecule has 0 aliphatic rings. The summed E-state index contributed by atoms with van der Waals surface area (Å²) in [4.78, 5) is 10.2. The Kier molecular flexibility index (Phi) is 10.1. The zero-order chi connectivity index (χ0) is 8.81. The molecule has 0 saturated heterocycles. The van der Waals surface area contributed by atoms with E-state index in [1.807, 2.05) is 30.3 Å². The number of hydrogen-bond donors (Lipinski definition) is 1. The van der Waals surface area contributed by atoms with Crippen LogP contribution in [0, 0.1) is 7.43 Å². The summed E-state index contributed by atoms with van der Waals surface area (Å²) in [5.74, 6) is -0.717. The second kappa shape index (κ2) is 8.95. The summed E-state index contributed by atoms with van der Waals surface area (Å²) in [6.45, 7) is 0. The average molecular weight is 374 g/mol. The monoisotopic (exact) mass is 374 g/mol. The van der Waals surface area contributed by atoms with Gasteiger partial charge in [-0.3, -0.25) is 4.79 Å². The molecule has 3 heteroatoms. The van der Waals surface area contributed by atoms with Crippen LogP contribution >= 0.6 is 0 Å². The molecule has 0 bridgehead atoms. The summed E-state index contributed by atoms with van der Waals surface area (Å²) in [7, 11) is 0. The van der Waals surface area contributed by atoms with E-state index in [1.165, 1.54) is 5.56 Å². The first-order valence-electron chi connectivity index (χ1n) is 4.05. The van der Waals surface area contributed by atoms with Crippen molar-refractivity contribution in [3.05, 3.63) is 43.3 Å². The Morgan fingerprint density at radius 2 is 1.79 bits per heavy atom. The summed E-state index contributed by atoms with van der Waals surface area (Å²) < 4.78 is 0. The molecule has 82 valence electrons. The number of carboxylic acid groups (broad SMARTS) is 1. The minimum Gasteiger partial charge on any atom is -0.481 e. The maximum Gasteiger partial charge on any atom is 0.303 e. The van der Waals surface area contributed by atoms with Crippen molar-refractivity contribution in [3.8, 4) is 0 Å². The normalized spacial score (nSPS) is 8.29. The van der Waals surface area contributed by atoms with Gasteiger partial charge in [-0.2, -0.15) is 0 Å². The quantitative estimate of drug-likeness (QED) is 0.823. The maximum atomic E-state index is 10.2. The van der Waals surface area contributed by atoms with Gasteiger partial charge in [0.2, 0.25) is 0 Å². The maximum absolute atomic E-state index is 10.2. The van der Waals surface area contributed by atoms with Crippen molar-refractivity contribution in [1.82, 2.24) is 0 Å². The van der Waals surface area contributed by atoms with Gasteiger partial charge in [0.25, 0.3) is 0 Å². The fourth-order valence-electron chi connectivity index (χ4n) is 1.09. The fourth-order valence-corrected chi connectivity index (χ4v) is 1.09. The number of aliphatic carboxylic acids is 1. The van der Waals surface area contributed by atoms with Crippen LogP contribution < -0.4 is 0 Å². The Morgan fingerprint density at radius 3 is 2.29 bits per heavy atom. The molecule has 1 aromatic rings. The van der Waals surface area contributed by atoms with E-state index in [-0.39, 0.29) is 34.9 Å². The molecular formula is C11H15O2Pt-. The standard InChI is InChI=1S/C10H12O2.CH3.Pt/c11-10(12)8-4-7-9-5-2-1-3-6-9;;/h1-3,5-6H,4,7-8H2,(H,11,12);1H3;/q;-1;. The number of carbonyl (C=O) groups is 1. The summed E-state index contributed by atoms with van der Waals surface area (Å²) >= 11 is 0. The molecule has 1 aromatic carbocycles. The van der Waals surface area contributed by atoms with E-state index in [2.05, 4.69) is 0 Å². The van der Waals surface area contributed by atoms with Crippen LogP contribution in [0.15, 0.2) is 30.3 Å². The van der Waals surface area contributed by atoms with Crippen LogP contribution in [0.2, 0.25) is 0 Å². The van der Waals surface area contributed by atoms with Crippen molar-refractivity contribution >= 4 is 5.97 Å². The Morgan fingerprint density at radius 1 is 1.21 bits per heavy atom. The molecule has 2 nitrogen and oxygen atoms in total. The first-order valence-corrected chi connectivity index (χ1v) is 4.05. The van der Waals surface area contributed by atoms with E-state index in [4.69, 9.17) is 5.11 Å². The minimum atomic E-state index is -0.717. The van der Waals surface area contributed by atoms with Gasteiger partial charge in [0.05, 0.1) is 0 Å². The van der Waals surface area contributed by atoms with Gasteiger partial charge in [-0.15, -0.1) is 0 Å². The molecule has 0 aliphatic carbocycles. The van der Waals surface area contributed by atoms with Crippen LogP contribution in [0.5, 0.6) is 0 Å². The number of hydrogen-bond acceptors (Lipinski definition) is 1. The molecule has 0 unspecified atom stereocenters. The predicted molar refractivity (Wildman–Crippen MR) is 53.4 cm³/mol. The van der Waals surface area contributed by atoms with Crippen molar-refractivity contribution in [2.24, 2.45) is 0 Å². The molecule has 0 fully saturated rings. The third-order valence-corrected chi connectivity index (χ3v) is 1.70. The molecule has 0 atom stereocenters. The largest absolute Gasteiger partial charge is 0.481 e. The molecule has 0 aromatic heterocycles. The van der Waals surface area contributed by atoms with Crippen molar-refractivity contribution in [3.63, 3.8) is 0 Å². The van der Waals surface area contributed by atoms with E-state index < -0.39 is 5.97 Å². The van der Waals surface area contributed by atoms with Gasteiger partial charge < -0.3 is 12.5 Å². The average Bonchev–Trinajstić information content (AvgIpc) is 2.05. The van der Waals surface area contributed by atoms with E-state index in [0.717, 1.165) is 12.8 Å². The van der Waals surface area contributed by atoms with Gasteiger partial charge in [-0.1, -0.05) is 30.3 Å². The van der Waals surface area contributed by atoms with Crippen LogP contribution in [0.4, 0.5) is 0 Å². The number of aryl methyl sites for hydroxylation is 1. The number of carboxylic acids is 1. The van der Waals surface area contributed by atoms with Gasteiger partial charge in [0.15, 0.2) is 0 Å². The molecule has 1 N–H and O–H groups in total. The van der Waals surface area contributed by atoms with Gasteiger partial charge in [-0.25, -0.2) is 0 Å². The molecular weight excluding hydrogens is 359 g/mol. The van der Waals surface area contributed by atoms with Crippen molar-refractivity contribution < 1.29 is 31.0 Å². The SMILES string of the molecule is O=C(O)CCCc1ccccc1.[CH3-].[Pt]. The zero-order valence-corrected chi connectivity index (χ0v) is 10.5. The van der Waals surface area contributed by atoms with Crippen molar-refractivity contribution in [2.75, 3.05) is 0 Å². The third-order valence-electron chi connectivity index (χ3n) is 1.70. The third kappa shape index (κ3) is 6.85. The Labute approximate surface area is 99.6 Å². The Hall–Kier alpha value is -0.622. The van der Waals surface area contributed by atoms with Crippen molar-refractivity contribution in [1.29, 1.82) is 0 Å². The second-order valence-corrected chi connectivity index (χ2v) is 2.73. The first-order chi connectivity index (χ1) is 5.79. The van der Waals surface area contributed by atoms with E-state index in [1.54, 1.807) is 0 Å². The summed E-state index contributed by atoms with van der Waals surface area (Å²) in [6, 6.07) is 9.93. The zero-order valence-electron chi connectivity index (χ0n) is 8.18. The number of benzene rings is 1. The second-order valence-electron chi connectivity index (χ2n) is 2.73. The van der Waals surface area contributed by atoms with Crippen LogP contribution in [0.3, 0.4) is 0 Å². The Bertz CT molecular complexity index is 247. The van der Waals surface area contributed by atoms with Crippen LogP contribution in [-0.2, 0) is 32.3 Å². The minimum absolute atomic E-state index is 0. The molecule has 0 saturated carbocycles. The first kappa shape index (κ1) is 15.8. The fraction of sp³-hybridized carbons (Fsp3) is 0.273.